The van der Waals surface area contributed by atoms with Crippen LogP contribution in [0.4, 0.5) is 10.1 Å². The molecule has 118 valence electrons. The van der Waals surface area contributed by atoms with Crippen molar-refractivity contribution in [2.45, 2.75) is 22.8 Å². The molecule has 3 N–H and O–H groups in total. The average molecular weight is 323 g/mol. The number of para-hydroxylation sites is 1. The number of ether oxygens (including phenoxy) is 1. The lowest BCUT2D eigenvalue weighted by Crippen LogP contribution is -2.07. The smallest absolute Gasteiger partial charge is 0.119 e. The lowest BCUT2D eigenvalue weighted by molar-refractivity contribution is 0.289. The van der Waals surface area contributed by atoms with Gasteiger partial charge >= 0.3 is 0 Å². The van der Waals surface area contributed by atoms with E-state index in [0.717, 1.165) is 15.4 Å². The lowest BCUT2D eigenvalue weighted by Gasteiger charge is -2.13. The molecule has 0 saturated heterocycles. The van der Waals surface area contributed by atoms with Crippen molar-refractivity contribution in [3.63, 3.8) is 0 Å². The van der Waals surface area contributed by atoms with Crippen molar-refractivity contribution in [3.05, 3.63) is 48.0 Å². The molecule has 0 unspecified atom stereocenters. The molecule has 5 heteroatoms. The van der Waals surface area contributed by atoms with Crippen LogP contribution in [0.25, 0.3) is 0 Å². The van der Waals surface area contributed by atoms with Gasteiger partial charge < -0.3 is 15.8 Å². The molecule has 3 nitrogen and oxygen atoms in total. The van der Waals surface area contributed by atoms with E-state index in [-0.39, 0.29) is 13.2 Å². The van der Waals surface area contributed by atoms with Crippen LogP contribution in [0.15, 0.2) is 52.3 Å². The predicted molar refractivity (Wildman–Crippen MR) is 90.3 cm³/mol. The van der Waals surface area contributed by atoms with Gasteiger partial charge in [-0.15, -0.1) is 0 Å². The van der Waals surface area contributed by atoms with Crippen LogP contribution in [0.2, 0.25) is 0 Å². The maximum atomic E-state index is 12.2. The molecule has 0 aliphatic heterocycles. The number of hydrogen-bond acceptors (Lipinski definition) is 4. The maximum absolute atomic E-state index is 12.2. The Bertz CT molecular complexity index is 698. The first-order valence-electron chi connectivity index (χ1n) is 8.48. The topological polar surface area (TPSA) is 47.3 Å². The quantitative estimate of drug-likeness (QED) is 0.572. The summed E-state index contributed by atoms with van der Waals surface area (Å²) in [5.41, 5.74) is 7.42. The van der Waals surface area contributed by atoms with Gasteiger partial charge in [-0.25, -0.2) is 0 Å². The minimum Gasteiger partial charge on any atom is -0.493 e. The first kappa shape index (κ1) is 12.8. The fraction of sp³-hybridized carbons (Fsp3) is 0.294. The minimum absolute atomic E-state index is 0.159. The average Bonchev–Trinajstić information content (AvgIpc) is 2.56. The maximum Gasteiger partial charge on any atom is 0.119 e. The molecule has 22 heavy (non-hydrogen) atoms. The van der Waals surface area contributed by atoms with Crippen molar-refractivity contribution in [2.75, 3.05) is 26.0 Å². The van der Waals surface area contributed by atoms with E-state index in [1.54, 1.807) is 12.1 Å². The van der Waals surface area contributed by atoms with E-state index < -0.39 is 13.7 Å². The molecule has 2 aromatic carbocycles. The lowest BCUT2D eigenvalue weighted by atomic mass is 10.2. The van der Waals surface area contributed by atoms with Crippen LogP contribution in [-0.2, 0) is 6.54 Å². The Hall–Kier alpha value is -1.72. The van der Waals surface area contributed by atoms with Crippen LogP contribution in [0.1, 0.15) is 16.1 Å². The second-order valence-electron chi connectivity index (χ2n) is 4.65. The molecule has 2 rings (SSSR count). The number of nitrogens with one attached hydrogen (secondary N) is 1. The molecule has 0 atom stereocenters. The van der Waals surface area contributed by atoms with E-state index >= 15 is 0 Å². The van der Waals surface area contributed by atoms with Crippen LogP contribution in [0, 0.1) is 0 Å². The van der Waals surface area contributed by atoms with E-state index in [2.05, 4.69) is 5.32 Å². The Morgan fingerprint density at radius 1 is 1.27 bits per heavy atom. The summed E-state index contributed by atoms with van der Waals surface area (Å²) in [5, 5.41) is 2.51. The Kier molecular flexibility index (Phi) is 5.03. The monoisotopic (exact) mass is 323 g/mol. The highest BCUT2D eigenvalue weighted by Gasteiger charge is 2.08. The highest BCUT2D eigenvalue weighted by atomic mass is 32.2. The molecular weight excluding hydrogens is 299 g/mol. The normalized spacial score (nSPS) is 13.2. The molecule has 0 spiro atoms. The summed E-state index contributed by atoms with van der Waals surface area (Å²) in [4.78, 5) is 1.77. The summed E-state index contributed by atoms with van der Waals surface area (Å²) in [6, 6.07) is 12.9. The molecule has 0 fully saturated rings. The summed E-state index contributed by atoms with van der Waals surface area (Å²) in [6.07, 6.45) is 0.319. The molecule has 0 radical (unpaired) electrons. The first-order chi connectivity index (χ1) is 11.9. The van der Waals surface area contributed by atoms with Gasteiger partial charge in [0.15, 0.2) is 0 Å². The van der Waals surface area contributed by atoms with Crippen LogP contribution < -0.4 is 15.8 Å². The number of benzene rings is 2. The van der Waals surface area contributed by atoms with Crippen molar-refractivity contribution in [2.24, 2.45) is 0 Å². The molecular formula is C17H21FN2OS. The number of alkyl halides is 1. The first-order valence-corrected chi connectivity index (χ1v) is 7.80. The third kappa shape index (κ3) is 4.64. The number of hydrogen-bond donors (Lipinski definition) is 2. The summed E-state index contributed by atoms with van der Waals surface area (Å²) in [7, 11) is 0. The largest absolute Gasteiger partial charge is 0.493 e. The van der Waals surface area contributed by atoms with Gasteiger partial charge in [-0.05, 0) is 42.9 Å². The van der Waals surface area contributed by atoms with Gasteiger partial charge in [0, 0.05) is 32.6 Å². The fourth-order valence-corrected chi connectivity index (χ4v) is 2.88. The van der Waals surface area contributed by atoms with E-state index in [1.807, 2.05) is 30.3 Å². The number of anilines is 1. The van der Waals surface area contributed by atoms with Crippen LogP contribution in [-0.4, -0.2) is 20.3 Å². The predicted octanol–water partition coefficient (Wildman–Crippen LogP) is 3.88. The van der Waals surface area contributed by atoms with E-state index in [4.69, 9.17) is 14.6 Å². The van der Waals surface area contributed by atoms with E-state index in [1.165, 1.54) is 11.8 Å². The van der Waals surface area contributed by atoms with Gasteiger partial charge in [0.05, 0.1) is 13.3 Å². The number of rotatable bonds is 8. The van der Waals surface area contributed by atoms with Crippen LogP contribution in [0.5, 0.6) is 5.75 Å². The Morgan fingerprint density at radius 3 is 2.91 bits per heavy atom. The molecule has 2 aromatic rings. The van der Waals surface area contributed by atoms with Gasteiger partial charge in [-0.2, -0.15) is 0 Å². The molecule has 0 amide bonds. The second-order valence-corrected chi connectivity index (χ2v) is 5.74. The molecule has 0 aliphatic rings. The number of nitrogen functional groups attached to an aromatic ring is 1. The van der Waals surface area contributed by atoms with Crippen molar-refractivity contribution in [1.29, 1.82) is 0 Å². The zero-order valence-corrected chi connectivity index (χ0v) is 13.0. The third-order valence-electron chi connectivity index (χ3n) is 3.00. The van der Waals surface area contributed by atoms with Crippen molar-refractivity contribution in [1.82, 2.24) is 5.32 Å². The Balaban J connectivity index is 2.22. The highest BCUT2D eigenvalue weighted by Crippen LogP contribution is 2.35. The second kappa shape index (κ2) is 8.66. The molecule has 0 aliphatic carbocycles. The number of nitrogens with two attached hydrogens (primary N) is 1. The number of halogens is 1. The highest BCUT2D eigenvalue weighted by molar-refractivity contribution is 7.99. The zero-order chi connectivity index (χ0) is 18.3. The van der Waals surface area contributed by atoms with Gasteiger partial charge in [-0.1, -0.05) is 23.9 Å². The summed E-state index contributed by atoms with van der Waals surface area (Å²) in [6.45, 7) is -2.24. The van der Waals surface area contributed by atoms with E-state index in [9.17, 15) is 4.39 Å². The zero-order valence-electron chi connectivity index (χ0n) is 15.1. The summed E-state index contributed by atoms with van der Waals surface area (Å²) < 4.78 is 39.7. The van der Waals surface area contributed by atoms with Gasteiger partial charge in [0.25, 0.3) is 0 Å². The summed E-state index contributed by atoms with van der Waals surface area (Å²) in [5.74, 6) is 0.584. The Labute approximate surface area is 139 Å². The SMILES string of the molecule is [2H]C([2H])([2H])NCc1cc(OCCCF)ccc1Sc1ccccc1N. The van der Waals surface area contributed by atoms with Gasteiger partial charge in [0.1, 0.15) is 5.75 Å². The summed E-state index contributed by atoms with van der Waals surface area (Å²) >= 11 is 1.46. The fourth-order valence-electron chi connectivity index (χ4n) is 1.92. The molecule has 0 heterocycles. The van der Waals surface area contributed by atoms with Gasteiger partial charge in [-0.3, -0.25) is 4.39 Å². The van der Waals surface area contributed by atoms with Gasteiger partial charge in [0.2, 0.25) is 0 Å². The van der Waals surface area contributed by atoms with Crippen molar-refractivity contribution in [3.8, 4) is 5.75 Å². The van der Waals surface area contributed by atoms with E-state index in [0.29, 0.717) is 17.9 Å². The standard InChI is InChI=1S/C17H21FN2OS/c1-20-12-13-11-14(21-10-4-9-18)7-8-16(13)22-17-6-3-2-5-15(17)19/h2-3,5-8,11,20H,4,9-10,12,19H2,1H3/i1D3. The molecule has 0 saturated carbocycles. The Morgan fingerprint density at radius 2 is 2.14 bits per heavy atom. The van der Waals surface area contributed by atoms with Crippen LogP contribution in [0.3, 0.4) is 0 Å². The molecule has 0 bridgehead atoms. The molecule has 0 aromatic heterocycles. The minimum atomic E-state index is -2.24. The van der Waals surface area contributed by atoms with Crippen molar-refractivity contribution >= 4 is 17.4 Å². The van der Waals surface area contributed by atoms with Crippen molar-refractivity contribution < 1.29 is 13.2 Å². The van der Waals surface area contributed by atoms with Crippen LogP contribution >= 0.6 is 11.8 Å². The third-order valence-corrected chi connectivity index (χ3v) is 4.21.